The summed E-state index contributed by atoms with van der Waals surface area (Å²) in [6.45, 7) is 2.56. The number of rotatable bonds is 4. The number of piperidine rings is 1. The van der Waals surface area contributed by atoms with E-state index in [0.717, 1.165) is 31.0 Å². The maximum atomic E-state index is 12.6. The second-order valence-electron chi connectivity index (χ2n) is 7.85. The van der Waals surface area contributed by atoms with E-state index in [2.05, 4.69) is 10.6 Å². The van der Waals surface area contributed by atoms with E-state index in [9.17, 15) is 19.2 Å². The average molecular weight is 420 g/mol. The van der Waals surface area contributed by atoms with Crippen LogP contribution in [-0.2, 0) is 9.59 Å². The maximum Gasteiger partial charge on any atom is 0.287 e. The molecule has 0 bridgehead atoms. The Morgan fingerprint density at radius 3 is 2.55 bits per heavy atom. The lowest BCUT2D eigenvalue weighted by atomic mass is 9.78. The minimum atomic E-state index is -0.415. The maximum absolute atomic E-state index is 12.6. The summed E-state index contributed by atoms with van der Waals surface area (Å²) < 4.78 is 5.01. The number of carbonyl (C=O) groups excluding carboxylic acids is 4. The van der Waals surface area contributed by atoms with Gasteiger partial charge in [-0.3, -0.25) is 19.2 Å². The van der Waals surface area contributed by atoms with Crippen LogP contribution in [0.3, 0.4) is 0 Å². The Bertz CT molecular complexity index is 804. The van der Waals surface area contributed by atoms with Crippen LogP contribution in [0, 0.1) is 5.41 Å². The third kappa shape index (κ3) is 4.26. The number of hydrogen-bond donors (Lipinski definition) is 2. The van der Waals surface area contributed by atoms with Crippen molar-refractivity contribution >= 4 is 34.7 Å². The molecule has 0 aliphatic carbocycles. The van der Waals surface area contributed by atoms with E-state index >= 15 is 0 Å². The van der Waals surface area contributed by atoms with E-state index in [1.807, 2.05) is 4.90 Å². The summed E-state index contributed by atoms with van der Waals surface area (Å²) in [6.07, 6.45) is 4.00. The van der Waals surface area contributed by atoms with Crippen molar-refractivity contribution in [2.24, 2.45) is 5.41 Å². The molecule has 0 saturated carbocycles. The summed E-state index contributed by atoms with van der Waals surface area (Å²) in [5.41, 5.74) is 0.0413. The zero-order valence-electron chi connectivity index (χ0n) is 16.0. The Kier molecular flexibility index (Phi) is 5.53. The van der Waals surface area contributed by atoms with Gasteiger partial charge >= 0.3 is 0 Å². The van der Waals surface area contributed by atoms with Crippen molar-refractivity contribution in [3.63, 3.8) is 0 Å². The topological polar surface area (TPSA) is 112 Å². The first kappa shape index (κ1) is 19.8. The lowest BCUT2D eigenvalue weighted by Gasteiger charge is -2.39. The predicted molar refractivity (Wildman–Crippen MR) is 105 cm³/mol. The summed E-state index contributed by atoms with van der Waals surface area (Å²) in [4.78, 5) is 51.9. The number of hydrogen-bond acceptors (Lipinski definition) is 6. The van der Waals surface area contributed by atoms with Crippen molar-refractivity contribution in [2.45, 2.75) is 25.3 Å². The summed E-state index contributed by atoms with van der Waals surface area (Å²) in [5.74, 6) is 0.158. The predicted octanol–water partition coefficient (Wildman–Crippen LogP) is 0.676. The van der Waals surface area contributed by atoms with E-state index in [-0.39, 0.29) is 34.8 Å². The zero-order valence-corrected chi connectivity index (χ0v) is 16.8. The van der Waals surface area contributed by atoms with Gasteiger partial charge in [-0.25, -0.2) is 0 Å². The Hall–Kier alpha value is -2.49. The van der Waals surface area contributed by atoms with E-state index in [0.29, 0.717) is 31.9 Å². The van der Waals surface area contributed by atoms with Crippen LogP contribution >= 0.6 is 11.8 Å². The molecule has 2 N–H and O–H groups in total. The number of nitrogens with one attached hydrogen (secondary N) is 2. The van der Waals surface area contributed by atoms with Crippen molar-refractivity contribution in [1.82, 2.24) is 20.4 Å². The highest BCUT2D eigenvalue weighted by atomic mass is 32.2. The van der Waals surface area contributed by atoms with Gasteiger partial charge < -0.3 is 24.9 Å². The van der Waals surface area contributed by atoms with Gasteiger partial charge in [0, 0.05) is 31.9 Å². The molecule has 4 heterocycles. The van der Waals surface area contributed by atoms with Gasteiger partial charge in [-0.05, 0) is 36.8 Å². The Morgan fingerprint density at radius 2 is 1.93 bits per heavy atom. The fourth-order valence-electron chi connectivity index (χ4n) is 4.26. The first-order valence-corrected chi connectivity index (χ1v) is 10.8. The number of furan rings is 1. The first-order chi connectivity index (χ1) is 14.0. The minimum Gasteiger partial charge on any atom is -0.459 e. The average Bonchev–Trinajstić information content (AvgIpc) is 3.47. The van der Waals surface area contributed by atoms with Gasteiger partial charge in [0.15, 0.2) is 5.76 Å². The molecule has 0 radical (unpaired) electrons. The van der Waals surface area contributed by atoms with Crippen LogP contribution in [0.2, 0.25) is 0 Å². The van der Waals surface area contributed by atoms with Gasteiger partial charge in [0.1, 0.15) is 6.04 Å². The lowest BCUT2D eigenvalue weighted by Crippen LogP contribution is -2.49. The fraction of sp³-hybridized carbons (Fsp3) is 0.579. The van der Waals surface area contributed by atoms with Crippen LogP contribution in [0.5, 0.6) is 0 Å². The van der Waals surface area contributed by atoms with Crippen LogP contribution in [0.1, 0.15) is 29.8 Å². The van der Waals surface area contributed by atoms with Crippen LogP contribution in [-0.4, -0.2) is 77.3 Å². The third-order valence-corrected chi connectivity index (χ3v) is 6.92. The van der Waals surface area contributed by atoms with E-state index in [1.54, 1.807) is 17.0 Å². The SMILES string of the molecule is O=C1N[C@H](C(=O)N2CCC3(CCN(C(=O)CNC(=O)c4ccco4)CC3)C2)CS1. The van der Waals surface area contributed by atoms with Gasteiger partial charge in [0.25, 0.3) is 11.1 Å². The molecular weight excluding hydrogens is 396 g/mol. The monoisotopic (exact) mass is 420 g/mol. The summed E-state index contributed by atoms with van der Waals surface area (Å²) in [7, 11) is 0. The van der Waals surface area contributed by atoms with Gasteiger partial charge in [-0.2, -0.15) is 0 Å². The third-order valence-electron chi connectivity index (χ3n) is 6.04. The molecule has 1 aromatic heterocycles. The molecular formula is C19H24N4O5S. The van der Waals surface area contributed by atoms with Gasteiger partial charge in [-0.1, -0.05) is 11.8 Å². The molecule has 3 aliphatic heterocycles. The number of nitrogens with zero attached hydrogens (tertiary/aromatic N) is 2. The first-order valence-electron chi connectivity index (χ1n) is 9.77. The second kappa shape index (κ2) is 8.10. The molecule has 4 amide bonds. The molecule has 156 valence electrons. The summed E-state index contributed by atoms with van der Waals surface area (Å²) in [5, 5.41) is 5.17. The lowest BCUT2D eigenvalue weighted by molar-refractivity contribution is -0.134. The number of carbonyl (C=O) groups is 4. The smallest absolute Gasteiger partial charge is 0.287 e. The summed E-state index contributed by atoms with van der Waals surface area (Å²) in [6, 6.07) is 2.76. The highest BCUT2D eigenvalue weighted by Crippen LogP contribution is 2.40. The van der Waals surface area contributed by atoms with Crippen molar-refractivity contribution < 1.29 is 23.6 Å². The molecule has 1 atom stereocenters. The molecule has 29 heavy (non-hydrogen) atoms. The zero-order chi connectivity index (χ0) is 20.4. The quantitative estimate of drug-likeness (QED) is 0.741. The molecule has 10 heteroatoms. The molecule has 4 rings (SSSR count). The molecule has 9 nitrogen and oxygen atoms in total. The van der Waals surface area contributed by atoms with Crippen LogP contribution in [0.4, 0.5) is 4.79 Å². The van der Waals surface area contributed by atoms with Gasteiger partial charge in [0.05, 0.1) is 12.8 Å². The molecule has 0 unspecified atom stereocenters. The Morgan fingerprint density at radius 1 is 1.21 bits per heavy atom. The van der Waals surface area contributed by atoms with E-state index in [1.165, 1.54) is 6.26 Å². The molecule has 3 aliphatic rings. The number of thioether (sulfide) groups is 1. The highest BCUT2D eigenvalue weighted by molar-refractivity contribution is 8.14. The second-order valence-corrected chi connectivity index (χ2v) is 8.84. The fourth-order valence-corrected chi connectivity index (χ4v) is 5.03. The Balaban J connectivity index is 1.24. The van der Waals surface area contributed by atoms with Crippen molar-refractivity contribution in [3.05, 3.63) is 24.2 Å². The molecule has 3 fully saturated rings. The van der Waals surface area contributed by atoms with Crippen molar-refractivity contribution in [2.75, 3.05) is 38.5 Å². The van der Waals surface area contributed by atoms with E-state index < -0.39 is 11.9 Å². The molecule has 0 aromatic carbocycles. The standard InChI is InChI=1S/C19H24N4O5S/c24-15(10-20-16(25)14-2-1-9-28-14)22-6-3-19(4-7-22)5-8-23(12-19)17(26)13-11-29-18(27)21-13/h1-2,9,13H,3-8,10-12H2,(H,20,25)(H,21,27)/t13-/m0/s1. The van der Waals surface area contributed by atoms with Crippen LogP contribution in [0.15, 0.2) is 22.8 Å². The number of likely N-dealkylation sites (tertiary alicyclic amines) is 2. The normalized spacial score (nSPS) is 23.3. The largest absolute Gasteiger partial charge is 0.459 e. The van der Waals surface area contributed by atoms with Gasteiger partial charge in [0.2, 0.25) is 11.8 Å². The Labute approximate surface area is 172 Å². The minimum absolute atomic E-state index is 0.000584. The number of amides is 4. The van der Waals surface area contributed by atoms with Crippen molar-refractivity contribution in [1.29, 1.82) is 0 Å². The van der Waals surface area contributed by atoms with Crippen molar-refractivity contribution in [3.8, 4) is 0 Å². The molecule has 1 spiro atoms. The van der Waals surface area contributed by atoms with Gasteiger partial charge in [-0.15, -0.1) is 0 Å². The molecule has 3 saturated heterocycles. The van der Waals surface area contributed by atoms with Crippen LogP contribution < -0.4 is 10.6 Å². The van der Waals surface area contributed by atoms with Crippen LogP contribution in [0.25, 0.3) is 0 Å². The summed E-state index contributed by atoms with van der Waals surface area (Å²) >= 11 is 1.15. The molecule has 1 aromatic rings. The van der Waals surface area contributed by atoms with E-state index in [4.69, 9.17) is 4.42 Å². The highest BCUT2D eigenvalue weighted by Gasteiger charge is 2.44.